The van der Waals surface area contributed by atoms with E-state index in [-0.39, 0.29) is 6.17 Å². The molecule has 0 aliphatic carbocycles. The van der Waals surface area contributed by atoms with Gasteiger partial charge >= 0.3 is 0 Å². The summed E-state index contributed by atoms with van der Waals surface area (Å²) >= 11 is 4.49. The molecule has 0 bridgehead atoms. The number of likely N-dealkylation sites (N-methyl/N-ethyl adjacent to an activating group) is 1. The smallest absolute Gasteiger partial charge is 0.0939 e. The van der Waals surface area contributed by atoms with Gasteiger partial charge < -0.3 is 0 Å². The number of hydrogen-bond acceptors (Lipinski definition) is 4. The van der Waals surface area contributed by atoms with Crippen LogP contribution in [0.3, 0.4) is 0 Å². The summed E-state index contributed by atoms with van der Waals surface area (Å²) in [6.45, 7) is 8.04. The fourth-order valence-corrected chi connectivity index (χ4v) is 2.16. The zero-order chi connectivity index (χ0) is 11.6. The van der Waals surface area contributed by atoms with Gasteiger partial charge in [-0.15, -0.1) is 12.6 Å². The second-order valence-electron chi connectivity index (χ2n) is 4.04. The number of rotatable bonds is 2. The molecule has 0 aromatic rings. The van der Waals surface area contributed by atoms with E-state index in [1.54, 1.807) is 6.08 Å². The van der Waals surface area contributed by atoms with Crippen LogP contribution in [0.5, 0.6) is 0 Å². The Morgan fingerprint density at radius 1 is 1.33 bits per heavy atom. The molecule has 0 amide bonds. The Bertz CT molecular complexity index is 265. The van der Waals surface area contributed by atoms with Gasteiger partial charge in [0.2, 0.25) is 0 Å². The van der Waals surface area contributed by atoms with E-state index in [0.29, 0.717) is 12.3 Å². The third-order valence-electron chi connectivity index (χ3n) is 3.16. The number of allylic oxidation sites excluding steroid dienone is 2. The highest BCUT2D eigenvalue weighted by molar-refractivity contribution is 7.84. The molecule has 1 rings (SSSR count). The quantitative estimate of drug-likeness (QED) is 0.550. The van der Waals surface area contributed by atoms with Crippen LogP contribution in [0.2, 0.25) is 0 Å². The van der Waals surface area contributed by atoms with Gasteiger partial charge in [0.05, 0.1) is 18.5 Å². The minimum atomic E-state index is 0.174. The minimum absolute atomic E-state index is 0.174. The third kappa shape index (κ3) is 2.64. The Labute approximate surface area is 98.2 Å². The van der Waals surface area contributed by atoms with E-state index in [9.17, 15) is 0 Å². The molecule has 1 N–H and O–H groups in total. The van der Waals surface area contributed by atoms with Crippen molar-refractivity contribution in [2.24, 2.45) is 0 Å². The molecule has 0 aromatic heterocycles. The van der Waals surface area contributed by atoms with E-state index in [1.165, 1.54) is 0 Å². The van der Waals surface area contributed by atoms with Crippen molar-refractivity contribution in [3.8, 4) is 0 Å². The zero-order valence-corrected chi connectivity index (χ0v) is 10.8. The first kappa shape index (κ1) is 12.8. The van der Waals surface area contributed by atoms with Crippen LogP contribution in [0.1, 0.15) is 13.8 Å². The molecule has 0 radical (unpaired) electrons. The lowest BCUT2D eigenvalue weighted by Crippen LogP contribution is -2.65. The van der Waals surface area contributed by atoms with Gasteiger partial charge in [-0.05, 0) is 27.9 Å². The van der Waals surface area contributed by atoms with Crippen LogP contribution in [-0.4, -0.2) is 42.4 Å². The van der Waals surface area contributed by atoms with Gasteiger partial charge in [-0.3, -0.25) is 15.1 Å². The van der Waals surface area contributed by atoms with Crippen molar-refractivity contribution in [1.29, 1.82) is 0 Å². The van der Waals surface area contributed by atoms with Crippen molar-refractivity contribution < 1.29 is 0 Å². The van der Waals surface area contributed by atoms with Gasteiger partial charge in [0, 0.05) is 4.91 Å². The summed E-state index contributed by atoms with van der Waals surface area (Å²) in [5, 5.41) is 3.49. The highest BCUT2D eigenvalue weighted by Crippen LogP contribution is 2.20. The second-order valence-corrected chi connectivity index (χ2v) is 4.55. The SMILES string of the molecule is C=C/C=C(\S)C1NC(C)N(C)C(C)N1C. The third-order valence-corrected chi connectivity index (χ3v) is 3.56. The summed E-state index contributed by atoms with van der Waals surface area (Å²) in [6.07, 6.45) is 4.62. The van der Waals surface area contributed by atoms with E-state index >= 15 is 0 Å². The summed E-state index contributed by atoms with van der Waals surface area (Å²) in [5.41, 5.74) is 0. The maximum atomic E-state index is 4.49. The normalized spacial score (nSPS) is 35.5. The lowest BCUT2D eigenvalue weighted by molar-refractivity contribution is -0.0294. The van der Waals surface area contributed by atoms with Crippen molar-refractivity contribution in [3.63, 3.8) is 0 Å². The molecule has 3 nitrogen and oxygen atoms in total. The predicted octanol–water partition coefficient (Wildman–Crippen LogP) is 1.47. The van der Waals surface area contributed by atoms with E-state index in [1.807, 2.05) is 6.08 Å². The van der Waals surface area contributed by atoms with Gasteiger partial charge in [0.25, 0.3) is 0 Å². The van der Waals surface area contributed by atoms with Gasteiger partial charge in [0.15, 0.2) is 0 Å². The molecule has 4 heteroatoms. The van der Waals surface area contributed by atoms with E-state index in [0.717, 1.165) is 4.91 Å². The van der Waals surface area contributed by atoms with Crippen molar-refractivity contribution >= 4 is 12.6 Å². The fraction of sp³-hybridized carbons (Fsp3) is 0.636. The van der Waals surface area contributed by atoms with Crippen molar-refractivity contribution in [2.75, 3.05) is 14.1 Å². The standard InChI is InChI=1S/C11H21N3S/c1-6-7-10(15)11-12-8(2)13(4)9(3)14(11)5/h6-9,11-12,15H,1H2,2-5H3/b10-7-. The molecular formula is C11H21N3S. The predicted molar refractivity (Wildman–Crippen MR) is 68.6 cm³/mol. The van der Waals surface area contributed by atoms with Gasteiger partial charge in [-0.2, -0.15) is 0 Å². The number of hydrogen-bond donors (Lipinski definition) is 2. The molecule has 3 atom stereocenters. The molecule has 3 unspecified atom stereocenters. The molecule has 1 aliphatic heterocycles. The van der Waals surface area contributed by atoms with Gasteiger partial charge in [0.1, 0.15) is 0 Å². The first-order valence-corrected chi connectivity index (χ1v) is 5.65. The van der Waals surface area contributed by atoms with E-state index in [2.05, 4.69) is 62.3 Å². The van der Waals surface area contributed by atoms with Gasteiger partial charge in [-0.25, -0.2) is 0 Å². The van der Waals surface area contributed by atoms with E-state index < -0.39 is 0 Å². The molecular weight excluding hydrogens is 206 g/mol. The minimum Gasteiger partial charge on any atom is -0.282 e. The molecule has 0 aromatic carbocycles. The fourth-order valence-electron chi connectivity index (χ4n) is 1.80. The average Bonchev–Trinajstić information content (AvgIpc) is 2.20. The highest BCUT2D eigenvalue weighted by atomic mass is 32.1. The van der Waals surface area contributed by atoms with Crippen LogP contribution in [0.25, 0.3) is 0 Å². The Kier molecular flexibility index (Phi) is 4.40. The first-order valence-electron chi connectivity index (χ1n) is 5.20. The molecule has 1 fully saturated rings. The molecule has 0 saturated carbocycles. The van der Waals surface area contributed by atoms with Crippen LogP contribution in [0.4, 0.5) is 0 Å². The molecule has 1 saturated heterocycles. The van der Waals surface area contributed by atoms with Crippen molar-refractivity contribution in [1.82, 2.24) is 15.1 Å². The second kappa shape index (κ2) is 5.16. The maximum absolute atomic E-state index is 4.49. The highest BCUT2D eigenvalue weighted by Gasteiger charge is 2.32. The first-order chi connectivity index (χ1) is 6.99. The molecule has 0 spiro atoms. The van der Waals surface area contributed by atoms with Crippen LogP contribution in [0.15, 0.2) is 23.6 Å². The molecule has 86 valence electrons. The number of nitrogens with one attached hydrogen (secondary N) is 1. The topological polar surface area (TPSA) is 18.5 Å². The monoisotopic (exact) mass is 227 g/mol. The average molecular weight is 227 g/mol. The summed E-state index contributed by atoms with van der Waals surface area (Å²) in [7, 11) is 4.21. The molecule has 1 aliphatic rings. The summed E-state index contributed by atoms with van der Waals surface area (Å²) < 4.78 is 0. The Balaban J connectivity index is 2.83. The summed E-state index contributed by atoms with van der Waals surface area (Å²) in [6, 6.07) is 0. The van der Waals surface area contributed by atoms with Crippen molar-refractivity contribution in [3.05, 3.63) is 23.6 Å². The van der Waals surface area contributed by atoms with Crippen LogP contribution < -0.4 is 5.32 Å². The summed E-state index contributed by atoms with van der Waals surface area (Å²) in [4.78, 5) is 5.53. The zero-order valence-electron chi connectivity index (χ0n) is 9.94. The Morgan fingerprint density at radius 2 is 1.93 bits per heavy atom. The van der Waals surface area contributed by atoms with Crippen molar-refractivity contribution in [2.45, 2.75) is 32.3 Å². The lowest BCUT2D eigenvalue weighted by atomic mass is 10.2. The largest absolute Gasteiger partial charge is 0.282 e. The number of thiol groups is 1. The van der Waals surface area contributed by atoms with Gasteiger partial charge in [-0.1, -0.05) is 18.7 Å². The summed E-state index contributed by atoms with van der Waals surface area (Å²) in [5.74, 6) is 0. The Morgan fingerprint density at radius 3 is 2.47 bits per heavy atom. The maximum Gasteiger partial charge on any atom is 0.0939 e. The molecule has 15 heavy (non-hydrogen) atoms. The number of nitrogens with zero attached hydrogens (tertiary/aromatic N) is 2. The van der Waals surface area contributed by atoms with Crippen LogP contribution in [-0.2, 0) is 0 Å². The van der Waals surface area contributed by atoms with E-state index in [4.69, 9.17) is 0 Å². The Hall–Kier alpha value is -0.290. The van der Waals surface area contributed by atoms with Crippen LogP contribution in [0, 0.1) is 0 Å². The molecule has 1 heterocycles. The van der Waals surface area contributed by atoms with Crippen LogP contribution >= 0.6 is 12.6 Å². The lowest BCUT2D eigenvalue weighted by Gasteiger charge is -2.48.